The minimum absolute atomic E-state index is 0.146. The Hall–Kier alpha value is -4.11. The molecule has 3 rings (SSSR count). The Morgan fingerprint density at radius 3 is 2.28 bits per heavy atom. The molecule has 0 aliphatic heterocycles. The van der Waals surface area contributed by atoms with Crippen LogP contribution >= 0.6 is 11.8 Å². The van der Waals surface area contributed by atoms with Gasteiger partial charge in [-0.15, -0.1) is 0 Å². The molecule has 1 amide bonds. The molecule has 0 radical (unpaired) electrons. The first-order chi connectivity index (χ1) is 17.5. The zero-order valence-electron chi connectivity index (χ0n) is 20.7. The molecule has 0 aromatic heterocycles. The van der Waals surface area contributed by atoms with Crippen molar-refractivity contribution in [2.24, 2.45) is 10.7 Å². The van der Waals surface area contributed by atoms with E-state index in [-0.39, 0.29) is 12.3 Å². The summed E-state index contributed by atoms with van der Waals surface area (Å²) >= 11 is 1.41. The van der Waals surface area contributed by atoms with Crippen molar-refractivity contribution in [2.75, 3.05) is 18.2 Å². The van der Waals surface area contributed by atoms with Crippen LogP contribution in [0, 0.1) is 0 Å². The highest BCUT2D eigenvalue weighted by atomic mass is 32.2. The lowest BCUT2D eigenvalue weighted by Gasteiger charge is -2.11. The summed E-state index contributed by atoms with van der Waals surface area (Å²) in [6.45, 7) is 8.02. The molecule has 36 heavy (non-hydrogen) atoms. The third kappa shape index (κ3) is 10.0. The number of amides is 1. The zero-order chi connectivity index (χ0) is 26.8. The molecule has 9 heteroatoms. The van der Waals surface area contributed by atoms with Gasteiger partial charge in [-0.25, -0.2) is 0 Å². The molecule has 3 aromatic carbocycles. The molecule has 0 aliphatic rings. The first kappa shape index (κ1) is 29.9. The number of aldehydes is 1. The number of ether oxygens (including phenoxy) is 1. The standard InChI is InChI=1S/C16H18N4OS.C9H8O3.C2H6/c1-18-14(15(17)21)16(19-2)22-10-20-13-8-7-11-5-3-4-6-12(11)9-13;10-5-8-1-3-9(4-2-8)6-12-7-11;1-2/h3-9,19-20H,1,10H2,2H3,(H2,17,21);1-5,7H,6H2;1-2H3/b16-14-;;. The van der Waals surface area contributed by atoms with E-state index in [1.165, 1.54) is 22.5 Å². The summed E-state index contributed by atoms with van der Waals surface area (Å²) in [5.74, 6) is -0.0292. The number of rotatable bonds is 11. The molecule has 0 bridgehead atoms. The number of hydrogen-bond acceptors (Lipinski definition) is 8. The van der Waals surface area contributed by atoms with E-state index in [0.29, 0.717) is 22.9 Å². The first-order valence-electron chi connectivity index (χ1n) is 11.2. The van der Waals surface area contributed by atoms with Gasteiger partial charge in [0.15, 0.2) is 5.70 Å². The van der Waals surface area contributed by atoms with Gasteiger partial charge in [-0.05, 0) is 35.2 Å². The van der Waals surface area contributed by atoms with Gasteiger partial charge in [0.2, 0.25) is 0 Å². The molecule has 0 spiro atoms. The first-order valence-corrected chi connectivity index (χ1v) is 12.1. The van der Waals surface area contributed by atoms with Gasteiger partial charge in [0.1, 0.15) is 17.9 Å². The van der Waals surface area contributed by atoms with E-state index in [4.69, 9.17) is 5.73 Å². The molecule has 0 saturated carbocycles. The minimum Gasteiger partial charge on any atom is -0.463 e. The molecular formula is C27H32N4O4S. The number of anilines is 1. The summed E-state index contributed by atoms with van der Waals surface area (Å²) in [5.41, 5.74) is 7.90. The number of aliphatic imine (C=N–C) groups is 1. The molecule has 0 aliphatic carbocycles. The molecule has 0 saturated heterocycles. The van der Waals surface area contributed by atoms with Crippen molar-refractivity contribution >= 4 is 53.6 Å². The number of nitrogens with two attached hydrogens (primary N) is 1. The van der Waals surface area contributed by atoms with Crippen molar-refractivity contribution in [3.05, 3.63) is 88.6 Å². The fraction of sp³-hybridized carbons (Fsp3) is 0.185. The Bertz CT molecular complexity index is 1160. The van der Waals surface area contributed by atoms with Crippen molar-refractivity contribution < 1.29 is 19.1 Å². The fourth-order valence-corrected chi connectivity index (χ4v) is 3.66. The lowest BCUT2D eigenvalue weighted by Crippen LogP contribution is -2.19. The van der Waals surface area contributed by atoms with Crippen LogP contribution in [0.3, 0.4) is 0 Å². The highest BCUT2D eigenvalue weighted by Gasteiger charge is 2.10. The van der Waals surface area contributed by atoms with E-state index < -0.39 is 5.91 Å². The summed E-state index contributed by atoms with van der Waals surface area (Å²) in [4.78, 5) is 35.0. The van der Waals surface area contributed by atoms with Crippen LogP contribution in [-0.2, 0) is 20.9 Å². The lowest BCUT2D eigenvalue weighted by molar-refractivity contribution is -0.129. The molecular weight excluding hydrogens is 476 g/mol. The largest absolute Gasteiger partial charge is 0.463 e. The smallest absolute Gasteiger partial charge is 0.293 e. The Kier molecular flexibility index (Phi) is 14.4. The maximum absolute atomic E-state index is 11.3. The quantitative estimate of drug-likeness (QED) is 0.148. The molecule has 0 unspecified atom stereocenters. The van der Waals surface area contributed by atoms with E-state index in [2.05, 4.69) is 51.3 Å². The van der Waals surface area contributed by atoms with E-state index in [9.17, 15) is 14.4 Å². The summed E-state index contributed by atoms with van der Waals surface area (Å²) in [5, 5.41) is 9.18. The Morgan fingerprint density at radius 1 is 1.06 bits per heavy atom. The molecule has 4 N–H and O–H groups in total. The number of hydrogen-bond donors (Lipinski definition) is 3. The lowest BCUT2D eigenvalue weighted by atomic mass is 10.1. The van der Waals surface area contributed by atoms with Crippen LogP contribution in [0.15, 0.2) is 82.4 Å². The van der Waals surface area contributed by atoms with Gasteiger partial charge in [0.25, 0.3) is 12.4 Å². The van der Waals surface area contributed by atoms with Gasteiger partial charge >= 0.3 is 0 Å². The van der Waals surface area contributed by atoms with Crippen molar-refractivity contribution in [1.29, 1.82) is 0 Å². The number of nitrogens with zero attached hydrogens (tertiary/aromatic N) is 1. The summed E-state index contributed by atoms with van der Waals surface area (Å²) in [6, 6.07) is 21.2. The summed E-state index contributed by atoms with van der Waals surface area (Å²) in [7, 11) is 1.71. The second-order valence-corrected chi connectivity index (χ2v) is 7.73. The average molecular weight is 509 g/mol. The second kappa shape index (κ2) is 17.3. The van der Waals surface area contributed by atoms with E-state index in [1.807, 2.05) is 32.0 Å². The Labute approximate surface area is 216 Å². The molecule has 8 nitrogen and oxygen atoms in total. The second-order valence-electron chi connectivity index (χ2n) is 6.74. The monoisotopic (exact) mass is 508 g/mol. The van der Waals surface area contributed by atoms with Crippen molar-refractivity contribution in [3.63, 3.8) is 0 Å². The van der Waals surface area contributed by atoms with E-state index in [1.54, 1.807) is 31.3 Å². The topological polar surface area (TPSA) is 123 Å². The summed E-state index contributed by atoms with van der Waals surface area (Å²) in [6.07, 6.45) is 0.768. The van der Waals surface area contributed by atoms with Gasteiger partial charge in [-0.1, -0.05) is 80.2 Å². The van der Waals surface area contributed by atoms with Crippen molar-refractivity contribution in [2.45, 2.75) is 20.5 Å². The summed E-state index contributed by atoms with van der Waals surface area (Å²) < 4.78 is 4.52. The van der Waals surface area contributed by atoms with Crippen LogP contribution in [0.2, 0.25) is 0 Å². The van der Waals surface area contributed by atoms with Crippen LogP contribution in [0.1, 0.15) is 29.8 Å². The third-order valence-corrected chi connectivity index (χ3v) is 5.48. The van der Waals surface area contributed by atoms with Crippen LogP contribution in [0.5, 0.6) is 0 Å². The van der Waals surface area contributed by atoms with Gasteiger partial charge in [0.05, 0.1) is 5.88 Å². The highest BCUT2D eigenvalue weighted by Crippen LogP contribution is 2.22. The van der Waals surface area contributed by atoms with E-state index in [0.717, 1.165) is 17.5 Å². The molecule has 0 atom stereocenters. The Morgan fingerprint density at radius 2 is 1.72 bits per heavy atom. The van der Waals surface area contributed by atoms with Crippen LogP contribution < -0.4 is 16.4 Å². The number of benzene rings is 3. The molecule has 3 aromatic rings. The van der Waals surface area contributed by atoms with Crippen LogP contribution in [0.25, 0.3) is 10.8 Å². The maximum Gasteiger partial charge on any atom is 0.293 e. The van der Waals surface area contributed by atoms with Crippen LogP contribution in [-0.4, -0.2) is 38.3 Å². The van der Waals surface area contributed by atoms with Gasteiger partial charge < -0.3 is 21.1 Å². The predicted octanol–water partition coefficient (Wildman–Crippen LogP) is 4.72. The predicted molar refractivity (Wildman–Crippen MR) is 149 cm³/mol. The Balaban J connectivity index is 0.000000391. The highest BCUT2D eigenvalue weighted by molar-refractivity contribution is 8.03. The number of fused-ring (bicyclic) bond motifs is 1. The molecule has 190 valence electrons. The number of thioether (sulfide) groups is 1. The SMILES string of the molecule is C=N/C(C(N)=O)=C(/NC)SCNc1ccc2ccccc2c1.CC.O=COCc1ccc(C=O)cc1. The van der Waals surface area contributed by atoms with Crippen LogP contribution in [0.4, 0.5) is 5.69 Å². The fourth-order valence-electron chi connectivity index (χ4n) is 2.83. The van der Waals surface area contributed by atoms with Gasteiger partial charge in [0, 0.05) is 18.3 Å². The minimum atomic E-state index is -0.599. The van der Waals surface area contributed by atoms with Crippen molar-refractivity contribution in [3.8, 4) is 0 Å². The third-order valence-electron chi connectivity index (χ3n) is 4.51. The van der Waals surface area contributed by atoms with Crippen molar-refractivity contribution in [1.82, 2.24) is 5.32 Å². The van der Waals surface area contributed by atoms with Gasteiger partial charge in [-0.2, -0.15) is 0 Å². The normalized spacial score (nSPS) is 10.3. The average Bonchev–Trinajstić information content (AvgIpc) is 2.93. The number of nitrogens with one attached hydrogen (secondary N) is 2. The molecule has 0 heterocycles. The maximum atomic E-state index is 11.3. The molecule has 0 fully saturated rings. The zero-order valence-corrected chi connectivity index (χ0v) is 21.5. The van der Waals surface area contributed by atoms with Gasteiger partial charge in [-0.3, -0.25) is 19.4 Å². The van der Waals surface area contributed by atoms with E-state index >= 15 is 0 Å². The number of primary amides is 1. The number of carbonyl (C=O) groups excluding carboxylic acids is 3. The number of carbonyl (C=O) groups is 3.